The van der Waals surface area contributed by atoms with Crippen LogP contribution in [0.25, 0.3) is 0 Å². The molecule has 2 aromatic carbocycles. The quantitative estimate of drug-likeness (QED) is 0.775. The van der Waals surface area contributed by atoms with Crippen LogP contribution in [-0.4, -0.2) is 44.1 Å². The number of likely N-dealkylation sites (tertiary alicyclic amines) is 1. The molecule has 0 radical (unpaired) electrons. The number of rotatable bonds is 4. The van der Waals surface area contributed by atoms with Gasteiger partial charge in [0.25, 0.3) is 5.91 Å². The molecule has 1 amide bonds. The predicted octanol–water partition coefficient (Wildman–Crippen LogP) is 4.41. The van der Waals surface area contributed by atoms with Crippen LogP contribution in [0.15, 0.2) is 42.5 Å². The summed E-state index contributed by atoms with van der Waals surface area (Å²) in [6, 6.07) is 14.2. The molecule has 152 valence electrons. The first-order valence-electron chi connectivity index (χ1n) is 10.9. The zero-order chi connectivity index (χ0) is 20.0. The third kappa shape index (κ3) is 3.44. The van der Waals surface area contributed by atoms with Crippen LogP contribution < -0.4 is 9.64 Å². The van der Waals surface area contributed by atoms with Crippen LogP contribution in [0.3, 0.4) is 0 Å². The second-order valence-electron chi connectivity index (χ2n) is 9.16. The summed E-state index contributed by atoms with van der Waals surface area (Å²) in [5.74, 6) is 1.92. The fraction of sp³-hybridized carbons (Fsp3) is 0.480. The monoisotopic (exact) mass is 390 g/mol. The molecule has 2 heterocycles. The van der Waals surface area contributed by atoms with Crippen molar-refractivity contribution in [3.63, 3.8) is 0 Å². The summed E-state index contributed by atoms with van der Waals surface area (Å²) in [7, 11) is 1.72. The molecule has 0 aromatic heterocycles. The molecule has 1 aliphatic carbocycles. The van der Waals surface area contributed by atoms with Gasteiger partial charge in [-0.25, -0.2) is 0 Å². The number of carbonyl (C=O) groups excluding carboxylic acids is 1. The smallest absolute Gasteiger partial charge is 0.258 e. The normalized spacial score (nSPS) is 20.7. The standard InChI is InChI=1S/C25H30N2O2/c1-18-3-7-20(8-4-18)24(28)27-17-25(22-15-21(29-2)9-10-23(22)27)11-13-26(14-12-25)16-19-5-6-19/h3-4,7-10,15,19H,5-6,11-14,16-17H2,1-2H3. The fourth-order valence-electron chi connectivity index (χ4n) is 5.07. The maximum atomic E-state index is 13.4. The Kier molecular flexibility index (Phi) is 4.62. The Morgan fingerprint density at radius 2 is 1.83 bits per heavy atom. The van der Waals surface area contributed by atoms with Gasteiger partial charge < -0.3 is 14.5 Å². The van der Waals surface area contributed by atoms with Gasteiger partial charge in [0.2, 0.25) is 0 Å². The van der Waals surface area contributed by atoms with E-state index in [1.807, 2.05) is 35.2 Å². The highest BCUT2D eigenvalue weighted by atomic mass is 16.5. The van der Waals surface area contributed by atoms with Gasteiger partial charge in [-0.2, -0.15) is 0 Å². The van der Waals surface area contributed by atoms with Gasteiger partial charge in [-0.15, -0.1) is 0 Å². The molecule has 4 nitrogen and oxygen atoms in total. The zero-order valence-electron chi connectivity index (χ0n) is 17.5. The van der Waals surface area contributed by atoms with Crippen LogP contribution in [0.5, 0.6) is 5.75 Å². The third-order valence-corrected chi connectivity index (χ3v) is 7.10. The lowest BCUT2D eigenvalue weighted by Gasteiger charge is -2.40. The lowest BCUT2D eigenvalue weighted by Crippen LogP contribution is -2.46. The van der Waals surface area contributed by atoms with E-state index in [-0.39, 0.29) is 11.3 Å². The number of aryl methyl sites for hydroxylation is 1. The highest BCUT2D eigenvalue weighted by molar-refractivity contribution is 6.07. The topological polar surface area (TPSA) is 32.8 Å². The van der Waals surface area contributed by atoms with Crippen molar-refractivity contribution in [2.75, 3.05) is 38.2 Å². The van der Waals surface area contributed by atoms with Crippen LogP contribution in [0, 0.1) is 12.8 Å². The Labute approximate surface area is 173 Å². The second kappa shape index (κ2) is 7.17. The minimum absolute atomic E-state index is 0.0459. The Bertz CT molecular complexity index is 909. The number of piperidine rings is 1. The van der Waals surface area contributed by atoms with E-state index in [1.54, 1.807) is 7.11 Å². The molecule has 1 saturated heterocycles. The van der Waals surface area contributed by atoms with Gasteiger partial charge in [0.15, 0.2) is 0 Å². The Morgan fingerprint density at radius 1 is 1.10 bits per heavy atom. The molecule has 3 aliphatic rings. The number of ether oxygens (including phenoxy) is 1. The second-order valence-corrected chi connectivity index (χ2v) is 9.16. The Morgan fingerprint density at radius 3 is 2.48 bits per heavy atom. The first kappa shape index (κ1) is 18.7. The van der Waals surface area contributed by atoms with Gasteiger partial charge in [0, 0.05) is 29.8 Å². The first-order valence-corrected chi connectivity index (χ1v) is 10.9. The molecule has 1 saturated carbocycles. The molecule has 5 rings (SSSR count). The van der Waals surface area contributed by atoms with Crippen molar-refractivity contribution in [2.45, 2.75) is 38.0 Å². The summed E-state index contributed by atoms with van der Waals surface area (Å²) in [4.78, 5) is 18.0. The number of fused-ring (bicyclic) bond motifs is 2. The maximum absolute atomic E-state index is 13.4. The van der Waals surface area contributed by atoms with Crippen molar-refractivity contribution in [2.24, 2.45) is 5.92 Å². The summed E-state index contributed by atoms with van der Waals surface area (Å²) in [6.07, 6.45) is 5.02. The van der Waals surface area contributed by atoms with Gasteiger partial charge in [-0.3, -0.25) is 4.79 Å². The summed E-state index contributed by atoms with van der Waals surface area (Å²) in [5, 5.41) is 0. The number of methoxy groups -OCH3 is 1. The van der Waals surface area contributed by atoms with E-state index in [9.17, 15) is 4.79 Å². The van der Waals surface area contributed by atoms with Gasteiger partial charge in [0.05, 0.1) is 7.11 Å². The minimum Gasteiger partial charge on any atom is -0.497 e. The van der Waals surface area contributed by atoms with Crippen LogP contribution in [0.4, 0.5) is 5.69 Å². The molecule has 2 fully saturated rings. The Hall–Kier alpha value is -2.33. The molecule has 2 aromatic rings. The lowest BCUT2D eigenvalue weighted by molar-refractivity contribution is 0.0976. The largest absolute Gasteiger partial charge is 0.497 e. The van der Waals surface area contributed by atoms with E-state index in [4.69, 9.17) is 4.74 Å². The van der Waals surface area contributed by atoms with Crippen LogP contribution in [0.1, 0.15) is 47.2 Å². The van der Waals surface area contributed by atoms with Crippen LogP contribution in [-0.2, 0) is 5.41 Å². The number of carbonyl (C=O) groups is 1. The fourth-order valence-corrected chi connectivity index (χ4v) is 5.07. The number of nitrogens with zero attached hydrogens (tertiary/aromatic N) is 2. The number of anilines is 1. The number of benzene rings is 2. The predicted molar refractivity (Wildman–Crippen MR) is 116 cm³/mol. The van der Waals surface area contributed by atoms with E-state index in [0.29, 0.717) is 0 Å². The zero-order valence-corrected chi connectivity index (χ0v) is 17.5. The molecule has 0 N–H and O–H groups in total. The van der Waals surface area contributed by atoms with Crippen LogP contribution >= 0.6 is 0 Å². The van der Waals surface area contributed by atoms with E-state index < -0.39 is 0 Å². The van der Waals surface area contributed by atoms with Gasteiger partial charge in [0.1, 0.15) is 5.75 Å². The summed E-state index contributed by atoms with van der Waals surface area (Å²) < 4.78 is 5.54. The highest BCUT2D eigenvalue weighted by Gasteiger charge is 2.47. The van der Waals surface area contributed by atoms with E-state index >= 15 is 0 Å². The first-order chi connectivity index (χ1) is 14.1. The lowest BCUT2D eigenvalue weighted by atomic mass is 9.74. The summed E-state index contributed by atoms with van der Waals surface area (Å²) >= 11 is 0. The van der Waals surface area contributed by atoms with Crippen molar-refractivity contribution in [1.29, 1.82) is 0 Å². The van der Waals surface area contributed by atoms with E-state index in [1.165, 1.54) is 30.5 Å². The average Bonchev–Trinajstić information content (AvgIpc) is 3.52. The van der Waals surface area contributed by atoms with Crippen molar-refractivity contribution < 1.29 is 9.53 Å². The molecule has 2 aliphatic heterocycles. The Balaban J connectivity index is 1.45. The molecule has 0 atom stereocenters. The number of hydrogen-bond acceptors (Lipinski definition) is 3. The summed E-state index contributed by atoms with van der Waals surface area (Å²) in [6.45, 7) is 6.34. The van der Waals surface area contributed by atoms with Crippen molar-refractivity contribution in [1.82, 2.24) is 4.90 Å². The number of amides is 1. The van der Waals surface area contributed by atoms with E-state index in [2.05, 4.69) is 24.0 Å². The molecular formula is C25H30N2O2. The number of hydrogen-bond donors (Lipinski definition) is 0. The summed E-state index contributed by atoms with van der Waals surface area (Å²) in [5.41, 5.74) is 4.34. The molecule has 4 heteroatoms. The molecule has 0 bridgehead atoms. The maximum Gasteiger partial charge on any atom is 0.258 e. The molecule has 29 heavy (non-hydrogen) atoms. The van der Waals surface area contributed by atoms with Crippen molar-refractivity contribution in [3.05, 3.63) is 59.2 Å². The van der Waals surface area contributed by atoms with Gasteiger partial charge in [-0.1, -0.05) is 17.7 Å². The molecule has 0 unspecified atom stereocenters. The third-order valence-electron chi connectivity index (χ3n) is 7.10. The van der Waals surface area contributed by atoms with Crippen molar-refractivity contribution >= 4 is 11.6 Å². The van der Waals surface area contributed by atoms with E-state index in [0.717, 1.165) is 55.4 Å². The average molecular weight is 391 g/mol. The van der Waals surface area contributed by atoms with Crippen molar-refractivity contribution in [3.8, 4) is 5.75 Å². The molecule has 1 spiro atoms. The highest BCUT2D eigenvalue weighted by Crippen LogP contribution is 2.49. The minimum atomic E-state index is 0.0459. The SMILES string of the molecule is COc1ccc2c(c1)C1(CCN(CC3CC3)CC1)CN2C(=O)c1ccc(C)cc1. The van der Waals surface area contributed by atoms with Crippen LogP contribution in [0.2, 0.25) is 0 Å². The molecular weight excluding hydrogens is 360 g/mol. The van der Waals surface area contributed by atoms with Gasteiger partial charge >= 0.3 is 0 Å². The van der Waals surface area contributed by atoms with Gasteiger partial charge in [-0.05, 0) is 87.5 Å².